The maximum Gasteiger partial charge on any atom is 0.293 e. The fourth-order valence-corrected chi connectivity index (χ4v) is 2.68. The third kappa shape index (κ3) is 2.99. The lowest BCUT2D eigenvalue weighted by Crippen LogP contribution is -2.09. The number of ether oxygens (including phenoxy) is 1. The van der Waals surface area contributed by atoms with Gasteiger partial charge >= 0.3 is 0 Å². The predicted molar refractivity (Wildman–Crippen MR) is 80.7 cm³/mol. The van der Waals surface area contributed by atoms with E-state index in [9.17, 15) is 4.79 Å². The van der Waals surface area contributed by atoms with Crippen LogP contribution in [-0.4, -0.2) is 17.7 Å². The number of fused-ring (bicyclic) bond motifs is 1. The Bertz CT molecular complexity index is 653. The van der Waals surface area contributed by atoms with Gasteiger partial charge in [-0.05, 0) is 47.7 Å². The SMILES string of the molecule is O=COC(Cc1cccc2c1CCC=N2)c1ccncc1. The molecule has 0 radical (unpaired) electrons. The fraction of sp³-hybridized carbons (Fsp3) is 0.235. The predicted octanol–water partition coefficient (Wildman–Crippen LogP) is 3.19. The lowest BCUT2D eigenvalue weighted by atomic mass is 9.93. The first-order valence-electron chi connectivity index (χ1n) is 7.01. The molecule has 1 unspecified atom stereocenters. The second-order valence-corrected chi connectivity index (χ2v) is 4.97. The smallest absolute Gasteiger partial charge is 0.293 e. The molecule has 3 rings (SSSR count). The topological polar surface area (TPSA) is 51.5 Å². The molecule has 0 saturated carbocycles. The molecule has 4 heteroatoms. The summed E-state index contributed by atoms with van der Waals surface area (Å²) in [7, 11) is 0. The van der Waals surface area contributed by atoms with Crippen LogP contribution >= 0.6 is 0 Å². The highest BCUT2D eigenvalue weighted by atomic mass is 16.5. The number of carbonyl (C=O) groups is 1. The van der Waals surface area contributed by atoms with Gasteiger partial charge in [0.05, 0.1) is 5.69 Å². The normalized spacial score (nSPS) is 14.3. The molecule has 1 aromatic carbocycles. The number of benzene rings is 1. The molecule has 1 aromatic heterocycles. The van der Waals surface area contributed by atoms with E-state index in [0.29, 0.717) is 12.9 Å². The standard InChI is InChI=1S/C17H16N2O2/c20-12-21-17(13-6-9-18-10-7-13)11-14-3-1-5-16-15(14)4-2-8-19-16/h1,3,5-10,12,17H,2,4,11H2. The van der Waals surface area contributed by atoms with E-state index in [1.807, 2.05) is 30.5 Å². The zero-order valence-electron chi connectivity index (χ0n) is 11.6. The monoisotopic (exact) mass is 280 g/mol. The summed E-state index contributed by atoms with van der Waals surface area (Å²) in [5, 5.41) is 0. The number of aliphatic imine (C=N–C) groups is 1. The van der Waals surface area contributed by atoms with Gasteiger partial charge in [-0.25, -0.2) is 0 Å². The van der Waals surface area contributed by atoms with Crippen LogP contribution < -0.4 is 0 Å². The lowest BCUT2D eigenvalue weighted by Gasteiger charge is -2.19. The number of hydrogen-bond donors (Lipinski definition) is 0. The van der Waals surface area contributed by atoms with E-state index in [2.05, 4.69) is 16.0 Å². The van der Waals surface area contributed by atoms with Gasteiger partial charge in [0, 0.05) is 25.0 Å². The van der Waals surface area contributed by atoms with Gasteiger partial charge in [0.1, 0.15) is 6.10 Å². The lowest BCUT2D eigenvalue weighted by molar-refractivity contribution is -0.133. The first-order valence-corrected chi connectivity index (χ1v) is 7.01. The van der Waals surface area contributed by atoms with Crippen molar-refractivity contribution in [1.29, 1.82) is 0 Å². The molecule has 0 bridgehead atoms. The van der Waals surface area contributed by atoms with E-state index in [1.165, 1.54) is 11.1 Å². The van der Waals surface area contributed by atoms with E-state index >= 15 is 0 Å². The largest absolute Gasteiger partial charge is 0.459 e. The van der Waals surface area contributed by atoms with Gasteiger partial charge in [-0.15, -0.1) is 0 Å². The van der Waals surface area contributed by atoms with Gasteiger partial charge in [-0.2, -0.15) is 0 Å². The minimum Gasteiger partial charge on any atom is -0.459 e. The van der Waals surface area contributed by atoms with E-state index in [4.69, 9.17) is 4.74 Å². The zero-order valence-corrected chi connectivity index (χ0v) is 11.6. The summed E-state index contributed by atoms with van der Waals surface area (Å²) in [5.41, 5.74) is 4.42. The molecule has 0 fully saturated rings. The molecular weight excluding hydrogens is 264 g/mol. The van der Waals surface area contributed by atoms with E-state index in [1.54, 1.807) is 12.4 Å². The molecule has 0 saturated heterocycles. The van der Waals surface area contributed by atoms with Crippen LogP contribution in [0.5, 0.6) is 0 Å². The van der Waals surface area contributed by atoms with Gasteiger partial charge in [0.2, 0.25) is 0 Å². The average molecular weight is 280 g/mol. The van der Waals surface area contributed by atoms with Crippen LogP contribution in [0.2, 0.25) is 0 Å². The van der Waals surface area contributed by atoms with Crippen molar-refractivity contribution in [2.75, 3.05) is 0 Å². The summed E-state index contributed by atoms with van der Waals surface area (Å²) in [5.74, 6) is 0. The third-order valence-electron chi connectivity index (χ3n) is 3.71. The maximum absolute atomic E-state index is 10.8. The number of pyridine rings is 1. The number of aromatic nitrogens is 1. The van der Waals surface area contributed by atoms with Crippen molar-refractivity contribution in [3.63, 3.8) is 0 Å². The number of hydrogen-bond acceptors (Lipinski definition) is 4. The number of nitrogens with zero attached hydrogens (tertiary/aromatic N) is 2. The summed E-state index contributed by atoms with van der Waals surface area (Å²) >= 11 is 0. The van der Waals surface area contributed by atoms with Crippen molar-refractivity contribution in [2.45, 2.75) is 25.4 Å². The second kappa shape index (κ2) is 6.31. The minimum atomic E-state index is -0.289. The molecule has 21 heavy (non-hydrogen) atoms. The van der Waals surface area contributed by atoms with Crippen molar-refractivity contribution in [2.24, 2.45) is 4.99 Å². The van der Waals surface area contributed by atoms with Crippen molar-refractivity contribution in [3.05, 3.63) is 59.4 Å². The molecule has 0 aliphatic carbocycles. The highest BCUT2D eigenvalue weighted by Crippen LogP contribution is 2.31. The fourth-order valence-electron chi connectivity index (χ4n) is 2.68. The van der Waals surface area contributed by atoms with Crippen LogP contribution in [0.3, 0.4) is 0 Å². The quantitative estimate of drug-likeness (QED) is 0.790. The highest BCUT2D eigenvalue weighted by Gasteiger charge is 2.17. The summed E-state index contributed by atoms with van der Waals surface area (Å²) in [6.45, 7) is 0.513. The van der Waals surface area contributed by atoms with Crippen LogP contribution in [-0.2, 0) is 22.4 Å². The molecular formula is C17H16N2O2. The molecule has 1 aliphatic heterocycles. The maximum atomic E-state index is 10.8. The van der Waals surface area contributed by atoms with Crippen molar-refractivity contribution in [1.82, 2.24) is 4.98 Å². The van der Waals surface area contributed by atoms with Crippen LogP contribution in [0.15, 0.2) is 47.7 Å². The van der Waals surface area contributed by atoms with Gasteiger partial charge in [-0.3, -0.25) is 14.8 Å². The Morgan fingerprint density at radius 2 is 2.10 bits per heavy atom. The van der Waals surface area contributed by atoms with Gasteiger partial charge in [0.25, 0.3) is 6.47 Å². The Hall–Kier alpha value is -2.49. The van der Waals surface area contributed by atoms with Crippen molar-refractivity contribution < 1.29 is 9.53 Å². The zero-order chi connectivity index (χ0) is 14.5. The Labute approximate surface area is 123 Å². The average Bonchev–Trinajstić information content (AvgIpc) is 2.55. The Balaban J connectivity index is 1.90. The molecule has 1 atom stereocenters. The first-order chi connectivity index (χ1) is 10.4. The van der Waals surface area contributed by atoms with E-state index in [0.717, 1.165) is 24.1 Å². The molecule has 2 heterocycles. The number of carbonyl (C=O) groups excluding carboxylic acids is 1. The van der Waals surface area contributed by atoms with Crippen LogP contribution in [0.1, 0.15) is 29.2 Å². The molecule has 106 valence electrons. The summed E-state index contributed by atoms with van der Waals surface area (Å²) < 4.78 is 5.28. The first kappa shape index (κ1) is 13.5. The Morgan fingerprint density at radius 3 is 2.90 bits per heavy atom. The molecule has 0 N–H and O–H groups in total. The molecule has 2 aromatic rings. The Kier molecular flexibility index (Phi) is 4.05. The van der Waals surface area contributed by atoms with E-state index in [-0.39, 0.29) is 6.10 Å². The highest BCUT2D eigenvalue weighted by molar-refractivity contribution is 5.69. The minimum absolute atomic E-state index is 0.289. The van der Waals surface area contributed by atoms with E-state index < -0.39 is 0 Å². The molecule has 4 nitrogen and oxygen atoms in total. The van der Waals surface area contributed by atoms with Gasteiger partial charge in [0.15, 0.2) is 0 Å². The van der Waals surface area contributed by atoms with Crippen molar-refractivity contribution >= 4 is 18.4 Å². The summed E-state index contributed by atoms with van der Waals surface area (Å²) in [4.78, 5) is 19.2. The summed E-state index contributed by atoms with van der Waals surface area (Å²) in [6.07, 6.45) is 7.68. The van der Waals surface area contributed by atoms with Gasteiger partial charge in [-0.1, -0.05) is 12.1 Å². The molecule has 1 aliphatic rings. The molecule has 0 amide bonds. The third-order valence-corrected chi connectivity index (χ3v) is 3.71. The molecule has 0 spiro atoms. The van der Waals surface area contributed by atoms with Crippen LogP contribution in [0.25, 0.3) is 0 Å². The van der Waals surface area contributed by atoms with Crippen molar-refractivity contribution in [3.8, 4) is 0 Å². The van der Waals surface area contributed by atoms with Crippen LogP contribution in [0.4, 0.5) is 5.69 Å². The van der Waals surface area contributed by atoms with Crippen LogP contribution in [0, 0.1) is 0 Å². The Morgan fingerprint density at radius 1 is 1.24 bits per heavy atom. The number of rotatable bonds is 5. The summed E-state index contributed by atoms with van der Waals surface area (Å²) in [6, 6.07) is 9.86. The van der Waals surface area contributed by atoms with Gasteiger partial charge < -0.3 is 4.74 Å². The second-order valence-electron chi connectivity index (χ2n) is 4.97.